The van der Waals surface area contributed by atoms with E-state index in [9.17, 15) is 0 Å². The van der Waals surface area contributed by atoms with Crippen LogP contribution in [0.4, 0.5) is 5.69 Å². The summed E-state index contributed by atoms with van der Waals surface area (Å²) < 4.78 is 16.7. The van der Waals surface area contributed by atoms with Gasteiger partial charge in [-0.15, -0.1) is 24.0 Å². The molecule has 0 radical (unpaired) electrons. The summed E-state index contributed by atoms with van der Waals surface area (Å²) in [5.74, 6) is 1.52. The molecule has 1 aromatic carbocycles. The van der Waals surface area contributed by atoms with Crippen molar-refractivity contribution in [2.24, 2.45) is 10.9 Å². The zero-order valence-corrected chi connectivity index (χ0v) is 21.1. The van der Waals surface area contributed by atoms with Crippen LogP contribution in [0.3, 0.4) is 0 Å². The fourth-order valence-corrected chi connectivity index (χ4v) is 3.81. The number of hydrogen-bond donors (Lipinski definition) is 2. The minimum Gasteiger partial charge on any atom is -0.381 e. The molecule has 1 aromatic rings. The summed E-state index contributed by atoms with van der Waals surface area (Å²) in [5, 5.41) is 6.78. The number of rotatable bonds is 10. The van der Waals surface area contributed by atoms with Crippen molar-refractivity contribution in [3.8, 4) is 0 Å². The van der Waals surface area contributed by atoms with Crippen molar-refractivity contribution < 1.29 is 14.2 Å². The third kappa shape index (κ3) is 9.51. The summed E-state index contributed by atoms with van der Waals surface area (Å²) >= 11 is 0. The molecule has 0 atom stereocenters. The first-order valence-corrected chi connectivity index (χ1v) is 11.4. The van der Waals surface area contributed by atoms with Crippen LogP contribution in [0.25, 0.3) is 0 Å². The van der Waals surface area contributed by atoms with Gasteiger partial charge in [0.1, 0.15) is 0 Å². The predicted octanol–water partition coefficient (Wildman–Crippen LogP) is 3.03. The van der Waals surface area contributed by atoms with Gasteiger partial charge in [0.05, 0.1) is 19.8 Å². The lowest BCUT2D eigenvalue weighted by Gasteiger charge is -2.30. The maximum Gasteiger partial charge on any atom is 0.191 e. The molecule has 0 spiro atoms. The number of guanidine groups is 1. The van der Waals surface area contributed by atoms with Gasteiger partial charge < -0.3 is 29.7 Å². The highest BCUT2D eigenvalue weighted by atomic mass is 127. The van der Waals surface area contributed by atoms with Crippen LogP contribution in [0.2, 0.25) is 0 Å². The first kappa shape index (κ1) is 26.2. The van der Waals surface area contributed by atoms with E-state index in [2.05, 4.69) is 46.7 Å². The number of morpholine rings is 1. The summed E-state index contributed by atoms with van der Waals surface area (Å²) in [6.45, 7) is 11.3. The number of ether oxygens (including phenoxy) is 3. The van der Waals surface area contributed by atoms with Gasteiger partial charge in [0.25, 0.3) is 0 Å². The monoisotopic (exact) mass is 546 g/mol. The molecule has 3 rings (SSSR count). The van der Waals surface area contributed by atoms with Crippen LogP contribution in [0.15, 0.2) is 29.3 Å². The summed E-state index contributed by atoms with van der Waals surface area (Å²) in [6, 6.07) is 8.54. The number of nitrogens with zero attached hydrogens (tertiary/aromatic N) is 2. The number of halogens is 1. The minimum absolute atomic E-state index is 0. The van der Waals surface area contributed by atoms with E-state index >= 15 is 0 Å². The standard InChI is InChI=1S/C23H38N4O3.HI/c1-2-24-23(25-10-5-13-30-19-20-8-14-28-15-9-20)26-18-21-6-3-4-7-22(21)27-11-16-29-17-12-27;/h3-4,6-7,20H,2,5,8-19H2,1H3,(H2,24,25,26);1H. The number of anilines is 1. The third-order valence-electron chi connectivity index (χ3n) is 5.55. The first-order chi connectivity index (χ1) is 14.9. The van der Waals surface area contributed by atoms with Gasteiger partial charge in [0, 0.05) is 58.3 Å². The highest BCUT2D eigenvalue weighted by Crippen LogP contribution is 2.22. The van der Waals surface area contributed by atoms with E-state index in [0.717, 1.165) is 91.0 Å². The molecule has 0 unspecified atom stereocenters. The molecule has 0 saturated carbocycles. The lowest BCUT2D eigenvalue weighted by atomic mass is 10.0. The Kier molecular flexibility index (Phi) is 13.2. The van der Waals surface area contributed by atoms with Gasteiger partial charge in [-0.05, 0) is 43.7 Å². The number of benzene rings is 1. The van der Waals surface area contributed by atoms with Crippen molar-refractivity contribution in [2.45, 2.75) is 32.7 Å². The summed E-state index contributed by atoms with van der Waals surface area (Å²) in [5.41, 5.74) is 2.51. The number of hydrogen-bond acceptors (Lipinski definition) is 5. The van der Waals surface area contributed by atoms with Gasteiger partial charge in [0.2, 0.25) is 0 Å². The Morgan fingerprint density at radius 3 is 2.61 bits per heavy atom. The highest BCUT2D eigenvalue weighted by molar-refractivity contribution is 14.0. The van der Waals surface area contributed by atoms with Crippen LogP contribution >= 0.6 is 24.0 Å². The van der Waals surface area contributed by atoms with Crippen molar-refractivity contribution in [2.75, 3.05) is 70.7 Å². The van der Waals surface area contributed by atoms with Crippen LogP contribution in [0, 0.1) is 5.92 Å². The second kappa shape index (κ2) is 15.7. The Hall–Kier alpha value is -1.10. The van der Waals surface area contributed by atoms with Crippen molar-refractivity contribution in [3.63, 3.8) is 0 Å². The Balaban J connectivity index is 0.00000341. The summed E-state index contributed by atoms with van der Waals surface area (Å²) in [6.07, 6.45) is 3.22. The summed E-state index contributed by atoms with van der Waals surface area (Å²) in [4.78, 5) is 7.21. The van der Waals surface area contributed by atoms with Gasteiger partial charge in [-0.1, -0.05) is 18.2 Å². The molecule has 2 heterocycles. The summed E-state index contributed by atoms with van der Waals surface area (Å²) in [7, 11) is 0. The first-order valence-electron chi connectivity index (χ1n) is 11.4. The van der Waals surface area contributed by atoms with Crippen molar-refractivity contribution in [3.05, 3.63) is 29.8 Å². The van der Waals surface area contributed by atoms with Gasteiger partial charge in [0.15, 0.2) is 5.96 Å². The Labute approximate surface area is 204 Å². The average molecular weight is 546 g/mol. The molecule has 7 nitrogen and oxygen atoms in total. The maximum absolute atomic E-state index is 5.86. The van der Waals surface area contributed by atoms with E-state index < -0.39 is 0 Å². The Morgan fingerprint density at radius 2 is 1.84 bits per heavy atom. The second-order valence-corrected chi connectivity index (χ2v) is 7.83. The number of nitrogens with one attached hydrogen (secondary N) is 2. The largest absolute Gasteiger partial charge is 0.381 e. The van der Waals surface area contributed by atoms with Crippen LogP contribution in [-0.2, 0) is 20.8 Å². The van der Waals surface area contributed by atoms with Crippen molar-refractivity contribution in [1.29, 1.82) is 0 Å². The molecule has 2 aliphatic heterocycles. The smallest absolute Gasteiger partial charge is 0.191 e. The van der Waals surface area contributed by atoms with Gasteiger partial charge in [-0.25, -0.2) is 4.99 Å². The molecular formula is C23H39IN4O3. The van der Waals surface area contributed by atoms with Crippen LogP contribution < -0.4 is 15.5 Å². The second-order valence-electron chi connectivity index (χ2n) is 7.83. The maximum atomic E-state index is 5.86. The molecule has 2 aliphatic rings. The quantitative estimate of drug-likeness (QED) is 0.204. The van der Waals surface area contributed by atoms with Gasteiger partial charge in [-0.2, -0.15) is 0 Å². The molecule has 31 heavy (non-hydrogen) atoms. The molecule has 2 N–H and O–H groups in total. The van der Waals surface area contributed by atoms with E-state index in [0.29, 0.717) is 12.5 Å². The zero-order valence-electron chi connectivity index (χ0n) is 18.8. The Morgan fingerprint density at radius 1 is 1.10 bits per heavy atom. The van der Waals surface area contributed by atoms with E-state index in [-0.39, 0.29) is 24.0 Å². The molecule has 0 bridgehead atoms. The molecule has 8 heteroatoms. The lowest BCUT2D eigenvalue weighted by Crippen LogP contribution is -2.38. The number of para-hydroxylation sites is 1. The van der Waals surface area contributed by atoms with E-state index in [1.807, 2.05) is 0 Å². The molecule has 2 saturated heterocycles. The fourth-order valence-electron chi connectivity index (χ4n) is 3.81. The average Bonchev–Trinajstić information content (AvgIpc) is 2.81. The third-order valence-corrected chi connectivity index (χ3v) is 5.55. The molecule has 0 aliphatic carbocycles. The Bertz CT molecular complexity index is 635. The zero-order chi connectivity index (χ0) is 20.9. The fraction of sp³-hybridized carbons (Fsp3) is 0.696. The van der Waals surface area contributed by atoms with E-state index in [1.54, 1.807) is 0 Å². The van der Waals surface area contributed by atoms with Crippen molar-refractivity contribution in [1.82, 2.24) is 10.6 Å². The van der Waals surface area contributed by atoms with E-state index in [4.69, 9.17) is 19.2 Å². The normalized spacial score (nSPS) is 17.8. The van der Waals surface area contributed by atoms with Crippen LogP contribution in [-0.4, -0.2) is 71.8 Å². The molecule has 176 valence electrons. The lowest BCUT2D eigenvalue weighted by molar-refractivity contribution is 0.0203. The molecular weight excluding hydrogens is 507 g/mol. The van der Waals surface area contributed by atoms with E-state index in [1.165, 1.54) is 11.3 Å². The minimum atomic E-state index is 0. The predicted molar refractivity (Wildman–Crippen MR) is 137 cm³/mol. The molecule has 0 amide bonds. The topological polar surface area (TPSA) is 67.4 Å². The highest BCUT2D eigenvalue weighted by Gasteiger charge is 2.15. The van der Waals surface area contributed by atoms with Crippen molar-refractivity contribution >= 4 is 35.6 Å². The SMILES string of the molecule is CCNC(=NCc1ccccc1N1CCOCC1)NCCCOCC1CCOCC1.I. The van der Waals surface area contributed by atoms with Gasteiger partial charge in [-0.3, -0.25) is 0 Å². The van der Waals surface area contributed by atoms with Crippen LogP contribution in [0.5, 0.6) is 0 Å². The molecule has 0 aromatic heterocycles. The number of aliphatic imine (C=N–C) groups is 1. The van der Waals surface area contributed by atoms with Crippen LogP contribution in [0.1, 0.15) is 31.7 Å². The molecule has 2 fully saturated rings. The van der Waals surface area contributed by atoms with Gasteiger partial charge >= 0.3 is 0 Å².